The molecule has 1 saturated carbocycles. The van der Waals surface area contributed by atoms with Crippen molar-refractivity contribution < 1.29 is 9.18 Å². The average Bonchev–Trinajstić information content (AvgIpc) is 3.33. The maximum atomic E-state index is 14.5. The Morgan fingerprint density at radius 2 is 2.08 bits per heavy atom. The fourth-order valence-electron chi connectivity index (χ4n) is 3.04. The van der Waals surface area contributed by atoms with E-state index in [0.29, 0.717) is 0 Å². The van der Waals surface area contributed by atoms with Crippen LogP contribution in [0.25, 0.3) is 0 Å². The van der Waals surface area contributed by atoms with E-state index < -0.39 is 11.7 Å². The summed E-state index contributed by atoms with van der Waals surface area (Å²) in [4.78, 5) is 16.0. The Hall–Kier alpha value is -2.67. The van der Waals surface area contributed by atoms with Crippen LogP contribution < -0.4 is 22.1 Å². The molecule has 0 saturated heterocycles. The first-order chi connectivity index (χ1) is 12.3. The van der Waals surface area contributed by atoms with Gasteiger partial charge >= 0.3 is 0 Å². The predicted octanol–water partition coefficient (Wildman–Crippen LogP) is 3.05. The van der Waals surface area contributed by atoms with Crippen LogP contribution in [0.4, 0.5) is 21.7 Å². The van der Waals surface area contributed by atoms with Crippen LogP contribution in [0.15, 0.2) is 30.3 Å². The first kappa shape index (κ1) is 18.1. The lowest BCUT2D eigenvalue weighted by Gasteiger charge is -2.24. The molecule has 1 unspecified atom stereocenters. The molecule has 6 N–H and O–H groups in total. The smallest absolute Gasteiger partial charge is 0.252 e. The molecular formula is C19H24FN5O. The van der Waals surface area contributed by atoms with E-state index in [4.69, 9.17) is 11.5 Å². The minimum atomic E-state index is -0.748. The van der Waals surface area contributed by atoms with Crippen LogP contribution in [0.1, 0.15) is 42.1 Å². The molecule has 0 bridgehead atoms. The number of anilines is 3. The van der Waals surface area contributed by atoms with Gasteiger partial charge in [-0.2, -0.15) is 0 Å². The van der Waals surface area contributed by atoms with Gasteiger partial charge in [-0.15, -0.1) is 0 Å². The van der Waals surface area contributed by atoms with Gasteiger partial charge in [-0.1, -0.05) is 19.1 Å². The highest BCUT2D eigenvalue weighted by Gasteiger charge is 2.45. The molecule has 138 valence electrons. The molecule has 2 aromatic rings. The number of aryl methyl sites for hydroxylation is 1. The third-order valence-corrected chi connectivity index (χ3v) is 4.76. The molecule has 1 aromatic carbocycles. The molecule has 1 heterocycles. The molecule has 26 heavy (non-hydrogen) atoms. The van der Waals surface area contributed by atoms with Gasteiger partial charge in [0.25, 0.3) is 5.91 Å². The van der Waals surface area contributed by atoms with E-state index in [0.717, 1.165) is 36.6 Å². The highest BCUT2D eigenvalue weighted by atomic mass is 19.1. The molecule has 0 aliphatic heterocycles. The van der Waals surface area contributed by atoms with Crippen LogP contribution in [0.2, 0.25) is 0 Å². The van der Waals surface area contributed by atoms with E-state index >= 15 is 0 Å². The van der Waals surface area contributed by atoms with Gasteiger partial charge in [0.15, 0.2) is 11.6 Å². The molecule has 0 radical (unpaired) electrons. The number of rotatable bonds is 7. The van der Waals surface area contributed by atoms with Crippen LogP contribution >= 0.6 is 0 Å². The lowest BCUT2D eigenvalue weighted by Crippen LogP contribution is -2.42. The molecule has 1 fully saturated rings. The second kappa shape index (κ2) is 6.92. The fourth-order valence-corrected chi connectivity index (χ4v) is 3.04. The second-order valence-electron chi connectivity index (χ2n) is 6.91. The highest BCUT2D eigenvalue weighted by molar-refractivity contribution is 5.98. The lowest BCUT2D eigenvalue weighted by atomic mass is 10.0. The number of halogens is 1. The summed E-state index contributed by atoms with van der Waals surface area (Å²) in [6, 6.07) is 8.59. The van der Waals surface area contributed by atoms with Crippen molar-refractivity contribution in [1.82, 2.24) is 4.98 Å². The van der Waals surface area contributed by atoms with Gasteiger partial charge < -0.3 is 22.1 Å². The van der Waals surface area contributed by atoms with Gasteiger partial charge in [0.2, 0.25) is 0 Å². The zero-order chi connectivity index (χ0) is 18.9. The SMILES string of the molecule is CCC(Nc1nc(Nc2cccc(C)c2)c(C(N)=O)cc1F)C1(N)CC1. The van der Waals surface area contributed by atoms with Crippen molar-refractivity contribution in [2.24, 2.45) is 11.5 Å². The van der Waals surface area contributed by atoms with Crippen molar-refractivity contribution in [3.8, 4) is 0 Å². The van der Waals surface area contributed by atoms with Crippen LogP contribution in [0.3, 0.4) is 0 Å². The Morgan fingerprint density at radius 3 is 2.65 bits per heavy atom. The summed E-state index contributed by atoms with van der Waals surface area (Å²) in [5.74, 6) is -1.10. The second-order valence-corrected chi connectivity index (χ2v) is 6.91. The van der Waals surface area contributed by atoms with E-state index in [1.807, 2.05) is 38.1 Å². The Bertz CT molecular complexity index is 835. The molecule has 0 spiro atoms. The number of carbonyl (C=O) groups excluding carboxylic acids is 1. The van der Waals surface area contributed by atoms with Crippen molar-refractivity contribution in [2.75, 3.05) is 10.6 Å². The highest BCUT2D eigenvalue weighted by Crippen LogP contribution is 2.38. The number of nitrogens with one attached hydrogen (secondary N) is 2. The predicted molar refractivity (Wildman–Crippen MR) is 101 cm³/mol. The normalized spacial score (nSPS) is 16.0. The number of nitrogens with two attached hydrogens (primary N) is 2. The molecule has 6 nitrogen and oxygen atoms in total. The van der Waals surface area contributed by atoms with Crippen molar-refractivity contribution in [3.63, 3.8) is 0 Å². The number of benzene rings is 1. The average molecular weight is 357 g/mol. The van der Waals surface area contributed by atoms with Crippen molar-refractivity contribution in [1.29, 1.82) is 0 Å². The third kappa shape index (κ3) is 3.77. The first-order valence-corrected chi connectivity index (χ1v) is 8.72. The summed E-state index contributed by atoms with van der Waals surface area (Å²) >= 11 is 0. The van der Waals surface area contributed by atoms with Gasteiger partial charge in [0.05, 0.1) is 5.56 Å². The van der Waals surface area contributed by atoms with E-state index in [1.54, 1.807) is 0 Å². The van der Waals surface area contributed by atoms with Gasteiger partial charge in [0, 0.05) is 17.3 Å². The first-order valence-electron chi connectivity index (χ1n) is 8.72. The largest absolute Gasteiger partial charge is 0.365 e. The van der Waals surface area contributed by atoms with Crippen LogP contribution in [0.5, 0.6) is 0 Å². The summed E-state index contributed by atoms with van der Waals surface area (Å²) in [6.45, 7) is 3.94. The Labute approximate surface area is 152 Å². The van der Waals surface area contributed by atoms with Crippen molar-refractivity contribution in [2.45, 2.75) is 44.7 Å². The van der Waals surface area contributed by atoms with Crippen molar-refractivity contribution >= 4 is 23.2 Å². The Morgan fingerprint density at radius 1 is 1.35 bits per heavy atom. The molecular weight excluding hydrogens is 333 g/mol. The summed E-state index contributed by atoms with van der Waals surface area (Å²) in [6.07, 6.45) is 2.54. The monoisotopic (exact) mass is 357 g/mol. The van der Waals surface area contributed by atoms with Crippen molar-refractivity contribution in [3.05, 3.63) is 47.3 Å². The maximum Gasteiger partial charge on any atom is 0.252 e. The molecule has 1 atom stereocenters. The lowest BCUT2D eigenvalue weighted by molar-refractivity contribution is 0.100. The van der Waals surface area contributed by atoms with Gasteiger partial charge in [-0.05, 0) is 49.9 Å². The third-order valence-electron chi connectivity index (χ3n) is 4.76. The summed E-state index contributed by atoms with van der Waals surface area (Å²) in [5.41, 5.74) is 13.1. The minimum absolute atomic E-state index is 0.00325. The quantitative estimate of drug-likeness (QED) is 0.609. The number of pyridine rings is 1. The molecule has 1 aliphatic rings. The summed E-state index contributed by atoms with van der Waals surface area (Å²) in [5, 5.41) is 6.16. The van der Waals surface area contributed by atoms with E-state index in [1.165, 1.54) is 0 Å². The fraction of sp³-hybridized carbons (Fsp3) is 0.368. The topological polar surface area (TPSA) is 106 Å². The van der Waals surface area contributed by atoms with Crippen LogP contribution in [0, 0.1) is 12.7 Å². The summed E-state index contributed by atoms with van der Waals surface area (Å²) in [7, 11) is 0. The summed E-state index contributed by atoms with van der Waals surface area (Å²) < 4.78 is 14.5. The van der Waals surface area contributed by atoms with E-state index in [9.17, 15) is 9.18 Å². The van der Waals surface area contributed by atoms with Gasteiger partial charge in [-0.25, -0.2) is 9.37 Å². The van der Waals surface area contributed by atoms with Crippen LogP contribution in [-0.4, -0.2) is 22.5 Å². The van der Waals surface area contributed by atoms with Crippen LogP contribution in [-0.2, 0) is 0 Å². The number of carbonyl (C=O) groups is 1. The Balaban J connectivity index is 1.94. The number of hydrogen-bond acceptors (Lipinski definition) is 5. The molecule has 7 heteroatoms. The molecule has 1 aromatic heterocycles. The zero-order valence-electron chi connectivity index (χ0n) is 15.0. The number of aromatic nitrogens is 1. The standard InChI is InChI=1S/C19H24FN5O/c1-3-15(19(22)7-8-19)24-18-14(20)10-13(16(21)26)17(25-18)23-12-6-4-5-11(2)9-12/h4-6,9-10,15H,3,7-8,22H2,1-2H3,(H2,21,26)(H2,23,24,25). The van der Waals surface area contributed by atoms with Gasteiger partial charge in [-0.3, -0.25) is 4.79 Å². The van der Waals surface area contributed by atoms with Gasteiger partial charge in [0.1, 0.15) is 5.82 Å². The molecule has 1 amide bonds. The molecule has 1 aliphatic carbocycles. The number of primary amides is 1. The Kier molecular flexibility index (Phi) is 4.82. The number of amides is 1. The number of hydrogen-bond donors (Lipinski definition) is 4. The maximum absolute atomic E-state index is 14.5. The zero-order valence-corrected chi connectivity index (χ0v) is 15.0. The number of nitrogens with zero attached hydrogens (tertiary/aromatic N) is 1. The minimum Gasteiger partial charge on any atom is -0.365 e. The van der Waals surface area contributed by atoms with E-state index in [2.05, 4.69) is 15.6 Å². The molecule has 3 rings (SSSR count). The van der Waals surface area contributed by atoms with E-state index in [-0.39, 0.29) is 28.8 Å².